The van der Waals surface area contributed by atoms with Crippen LogP contribution in [0.3, 0.4) is 0 Å². The number of carbonyl (C=O) groups is 1. The third-order valence-corrected chi connectivity index (χ3v) is 5.15. The molecule has 2 fully saturated rings. The van der Waals surface area contributed by atoms with Crippen molar-refractivity contribution in [2.45, 2.75) is 12.6 Å². The van der Waals surface area contributed by atoms with Gasteiger partial charge in [-0.2, -0.15) is 0 Å². The molecule has 0 radical (unpaired) electrons. The molecule has 26 heavy (non-hydrogen) atoms. The van der Waals surface area contributed by atoms with Crippen LogP contribution in [0.4, 0.5) is 5.82 Å². The Balaban J connectivity index is 1.24. The van der Waals surface area contributed by atoms with Gasteiger partial charge in [-0.15, -0.1) is 0 Å². The van der Waals surface area contributed by atoms with Crippen LogP contribution in [0.5, 0.6) is 0 Å². The van der Waals surface area contributed by atoms with E-state index in [9.17, 15) is 4.79 Å². The maximum absolute atomic E-state index is 11.3. The fraction of sp³-hybridized carbons (Fsp3) is 0.400. The number of rotatable bonds is 5. The minimum atomic E-state index is -0.0452. The lowest BCUT2D eigenvalue weighted by atomic mass is 10.1. The van der Waals surface area contributed by atoms with Gasteiger partial charge in [0.05, 0.1) is 6.54 Å². The number of nitrogens with zero attached hydrogens (tertiary/aromatic N) is 3. The van der Waals surface area contributed by atoms with E-state index in [-0.39, 0.29) is 12.1 Å². The quantitative estimate of drug-likeness (QED) is 0.847. The molecule has 0 bridgehead atoms. The van der Waals surface area contributed by atoms with E-state index >= 15 is 0 Å². The van der Waals surface area contributed by atoms with Crippen LogP contribution >= 0.6 is 0 Å². The van der Waals surface area contributed by atoms with Crippen molar-refractivity contribution in [2.75, 3.05) is 44.2 Å². The molecule has 2 N–H and O–H groups in total. The molecule has 1 amide bonds. The fourth-order valence-corrected chi connectivity index (χ4v) is 3.56. The van der Waals surface area contributed by atoms with Gasteiger partial charge < -0.3 is 10.2 Å². The summed E-state index contributed by atoms with van der Waals surface area (Å²) in [6, 6.07) is 14.7. The van der Waals surface area contributed by atoms with Crippen LogP contribution in [0.15, 0.2) is 48.7 Å². The lowest BCUT2D eigenvalue weighted by molar-refractivity contribution is -0.118. The summed E-state index contributed by atoms with van der Waals surface area (Å²) < 4.78 is 0. The smallest absolute Gasteiger partial charge is 0.235 e. The lowest BCUT2D eigenvalue weighted by Crippen LogP contribution is -2.47. The van der Waals surface area contributed by atoms with E-state index < -0.39 is 0 Å². The van der Waals surface area contributed by atoms with Crippen LogP contribution in [0.1, 0.15) is 17.3 Å². The van der Waals surface area contributed by atoms with E-state index in [1.807, 2.05) is 18.3 Å². The summed E-state index contributed by atoms with van der Waals surface area (Å²) in [4.78, 5) is 20.6. The van der Waals surface area contributed by atoms with E-state index in [1.165, 1.54) is 5.56 Å². The molecular formula is C20H25N5O. The predicted molar refractivity (Wildman–Crippen MR) is 102 cm³/mol. The number of hydrogen-bond acceptors (Lipinski definition) is 5. The summed E-state index contributed by atoms with van der Waals surface area (Å²) in [6.45, 7) is 5.69. The molecule has 1 aromatic carbocycles. The summed E-state index contributed by atoms with van der Waals surface area (Å²) in [5.41, 5.74) is 2.45. The third-order valence-electron chi connectivity index (χ3n) is 5.15. The molecule has 6 heteroatoms. The molecule has 2 aliphatic rings. The van der Waals surface area contributed by atoms with Gasteiger partial charge in [-0.3, -0.25) is 15.0 Å². The van der Waals surface area contributed by atoms with E-state index in [0.29, 0.717) is 6.54 Å². The molecule has 2 aliphatic heterocycles. The van der Waals surface area contributed by atoms with Gasteiger partial charge in [0.1, 0.15) is 12.0 Å². The molecule has 6 nitrogen and oxygen atoms in total. The Bertz CT molecular complexity index is 726. The molecule has 1 atom stereocenters. The van der Waals surface area contributed by atoms with Crippen LogP contribution in [-0.4, -0.2) is 55.1 Å². The molecule has 3 heterocycles. The number of amides is 1. The van der Waals surface area contributed by atoms with Crippen molar-refractivity contribution in [3.63, 3.8) is 0 Å². The summed E-state index contributed by atoms with van der Waals surface area (Å²) in [6.07, 6.45) is 2.86. The summed E-state index contributed by atoms with van der Waals surface area (Å²) >= 11 is 0. The number of anilines is 1. The van der Waals surface area contributed by atoms with E-state index in [1.54, 1.807) is 0 Å². The molecule has 2 saturated heterocycles. The summed E-state index contributed by atoms with van der Waals surface area (Å²) in [5, 5.41) is 6.09. The maximum atomic E-state index is 11.3. The highest BCUT2D eigenvalue weighted by Gasteiger charge is 2.21. The van der Waals surface area contributed by atoms with Gasteiger partial charge in [0.25, 0.3) is 0 Å². The maximum Gasteiger partial charge on any atom is 0.235 e. The van der Waals surface area contributed by atoms with Crippen LogP contribution in [0.2, 0.25) is 0 Å². The Morgan fingerprint density at radius 2 is 1.85 bits per heavy atom. The second-order valence-corrected chi connectivity index (χ2v) is 6.89. The zero-order chi connectivity index (χ0) is 17.8. The first-order chi connectivity index (χ1) is 12.8. The Morgan fingerprint density at radius 1 is 1.04 bits per heavy atom. The number of carbonyl (C=O) groups excluding carboxylic acids is 1. The van der Waals surface area contributed by atoms with Crippen LogP contribution in [0.25, 0.3) is 0 Å². The van der Waals surface area contributed by atoms with Crippen molar-refractivity contribution in [3.05, 3.63) is 59.8 Å². The zero-order valence-electron chi connectivity index (χ0n) is 14.9. The Kier molecular flexibility index (Phi) is 5.13. The normalized spacial score (nSPS) is 21.0. The van der Waals surface area contributed by atoms with E-state index in [2.05, 4.69) is 55.7 Å². The second-order valence-electron chi connectivity index (χ2n) is 6.89. The Hall–Kier alpha value is -2.44. The van der Waals surface area contributed by atoms with Gasteiger partial charge in [-0.1, -0.05) is 30.3 Å². The highest BCUT2D eigenvalue weighted by Crippen LogP contribution is 2.16. The molecule has 2 aromatic rings. The summed E-state index contributed by atoms with van der Waals surface area (Å²) in [5.74, 6) is 1.14. The minimum Gasteiger partial charge on any atom is -0.354 e. The first-order valence-corrected chi connectivity index (χ1v) is 9.28. The van der Waals surface area contributed by atoms with Gasteiger partial charge in [-0.05, 0) is 29.7 Å². The topological polar surface area (TPSA) is 60.5 Å². The minimum absolute atomic E-state index is 0.0452. The lowest BCUT2D eigenvalue weighted by Gasteiger charge is -2.35. The number of benzene rings is 1. The van der Waals surface area contributed by atoms with Gasteiger partial charge in [0.2, 0.25) is 5.91 Å². The molecule has 0 saturated carbocycles. The van der Waals surface area contributed by atoms with Crippen molar-refractivity contribution in [1.29, 1.82) is 0 Å². The van der Waals surface area contributed by atoms with Crippen molar-refractivity contribution in [1.82, 2.24) is 20.5 Å². The Morgan fingerprint density at radius 3 is 2.50 bits per heavy atom. The fourth-order valence-electron chi connectivity index (χ4n) is 3.56. The molecule has 136 valence electrons. The second kappa shape index (κ2) is 7.85. The highest BCUT2D eigenvalue weighted by molar-refractivity contribution is 5.80. The number of aromatic nitrogens is 1. The van der Waals surface area contributed by atoms with Crippen LogP contribution in [0, 0.1) is 0 Å². The molecule has 1 aromatic heterocycles. The SMILES string of the molecule is O=C1CNC(c2ccc(CCN3CCN(c4ccccn4)CC3)cc2)N1. The van der Waals surface area contributed by atoms with Gasteiger partial charge in [0.15, 0.2) is 0 Å². The van der Waals surface area contributed by atoms with E-state index in [4.69, 9.17) is 0 Å². The average Bonchev–Trinajstić information content (AvgIpc) is 3.14. The molecule has 1 unspecified atom stereocenters. The Labute approximate surface area is 154 Å². The first-order valence-electron chi connectivity index (χ1n) is 9.28. The number of piperazine rings is 1. The van der Waals surface area contributed by atoms with Gasteiger partial charge in [-0.25, -0.2) is 4.98 Å². The molecule has 0 spiro atoms. The van der Waals surface area contributed by atoms with Crippen molar-refractivity contribution in [3.8, 4) is 0 Å². The first kappa shape index (κ1) is 17.0. The monoisotopic (exact) mass is 351 g/mol. The van der Waals surface area contributed by atoms with Gasteiger partial charge >= 0.3 is 0 Å². The summed E-state index contributed by atoms with van der Waals surface area (Å²) in [7, 11) is 0. The number of pyridine rings is 1. The average molecular weight is 351 g/mol. The predicted octanol–water partition coefficient (Wildman–Crippen LogP) is 1.16. The molecule has 0 aliphatic carbocycles. The van der Waals surface area contributed by atoms with Crippen molar-refractivity contribution in [2.24, 2.45) is 0 Å². The highest BCUT2D eigenvalue weighted by atomic mass is 16.2. The van der Waals surface area contributed by atoms with Crippen LogP contribution < -0.4 is 15.5 Å². The largest absolute Gasteiger partial charge is 0.354 e. The standard InChI is InChI=1S/C20H25N5O/c26-19-15-22-20(23-19)17-6-4-16(5-7-17)8-10-24-11-13-25(14-12-24)18-3-1-2-9-21-18/h1-7,9,20,22H,8,10-15H2,(H,23,26). The third kappa shape index (κ3) is 4.03. The molecular weight excluding hydrogens is 326 g/mol. The van der Waals surface area contributed by atoms with E-state index in [0.717, 1.165) is 50.5 Å². The van der Waals surface area contributed by atoms with Crippen LogP contribution in [-0.2, 0) is 11.2 Å². The number of hydrogen-bond donors (Lipinski definition) is 2. The van der Waals surface area contributed by atoms with Gasteiger partial charge in [0, 0.05) is 38.9 Å². The van der Waals surface area contributed by atoms with Crippen molar-refractivity contribution < 1.29 is 4.79 Å². The number of nitrogens with one attached hydrogen (secondary N) is 2. The zero-order valence-corrected chi connectivity index (χ0v) is 14.9. The van der Waals surface area contributed by atoms with Crippen molar-refractivity contribution >= 4 is 11.7 Å². The molecule has 4 rings (SSSR count).